The first-order valence-electron chi connectivity index (χ1n) is 6.02. The highest BCUT2D eigenvalue weighted by atomic mass is 35.5. The van der Waals surface area contributed by atoms with Gasteiger partial charge in [-0.2, -0.15) is 0 Å². The van der Waals surface area contributed by atoms with Crippen LogP contribution in [-0.2, 0) is 4.74 Å². The van der Waals surface area contributed by atoms with Crippen molar-refractivity contribution in [1.29, 1.82) is 0 Å². The SMILES string of the molecule is COC(CNC(=O)c1ccc(Cl)cc1Cl)c1ccc(Cl)s1. The molecule has 0 fully saturated rings. The lowest BCUT2D eigenvalue weighted by Gasteiger charge is -2.15. The molecule has 0 radical (unpaired) electrons. The van der Waals surface area contributed by atoms with Crippen LogP contribution in [0.4, 0.5) is 0 Å². The molecule has 0 aliphatic rings. The maximum absolute atomic E-state index is 12.1. The fraction of sp³-hybridized carbons (Fsp3) is 0.214. The van der Waals surface area contributed by atoms with Crippen LogP contribution in [0.3, 0.4) is 0 Å². The minimum absolute atomic E-state index is 0.252. The van der Waals surface area contributed by atoms with Gasteiger partial charge in [0.15, 0.2) is 0 Å². The molecule has 2 aromatic rings. The van der Waals surface area contributed by atoms with E-state index in [0.29, 0.717) is 26.5 Å². The van der Waals surface area contributed by atoms with Crippen molar-refractivity contribution in [2.75, 3.05) is 13.7 Å². The summed E-state index contributed by atoms with van der Waals surface area (Å²) < 4.78 is 6.05. The number of thiophene rings is 1. The van der Waals surface area contributed by atoms with Crippen molar-refractivity contribution in [3.8, 4) is 0 Å². The molecule has 7 heteroatoms. The van der Waals surface area contributed by atoms with Crippen LogP contribution in [0.25, 0.3) is 0 Å². The summed E-state index contributed by atoms with van der Waals surface area (Å²) in [5.74, 6) is -0.277. The summed E-state index contributed by atoms with van der Waals surface area (Å²) >= 11 is 19.1. The first-order chi connectivity index (χ1) is 10.0. The van der Waals surface area contributed by atoms with Crippen molar-refractivity contribution in [1.82, 2.24) is 5.32 Å². The Bertz CT molecular complexity index is 645. The van der Waals surface area contributed by atoms with Crippen LogP contribution in [0.5, 0.6) is 0 Å². The molecule has 1 amide bonds. The summed E-state index contributed by atoms with van der Waals surface area (Å²) in [5, 5.41) is 3.59. The fourth-order valence-corrected chi connectivity index (χ4v) is 3.39. The Kier molecular flexibility index (Phi) is 5.90. The summed E-state index contributed by atoms with van der Waals surface area (Å²) in [6, 6.07) is 8.41. The van der Waals surface area contributed by atoms with Gasteiger partial charge in [-0.15, -0.1) is 11.3 Å². The van der Waals surface area contributed by atoms with E-state index in [1.54, 1.807) is 25.3 Å². The molecule has 2 rings (SSSR count). The van der Waals surface area contributed by atoms with Crippen LogP contribution in [0.15, 0.2) is 30.3 Å². The van der Waals surface area contributed by atoms with Crippen molar-refractivity contribution >= 4 is 52.0 Å². The van der Waals surface area contributed by atoms with Crippen LogP contribution in [0.2, 0.25) is 14.4 Å². The van der Waals surface area contributed by atoms with E-state index in [9.17, 15) is 4.79 Å². The highest BCUT2D eigenvalue weighted by Crippen LogP contribution is 2.28. The second-order valence-electron chi connectivity index (χ2n) is 4.20. The molecule has 1 aromatic carbocycles. The predicted octanol–water partition coefficient (Wildman–Crippen LogP) is 4.83. The number of hydrogen-bond acceptors (Lipinski definition) is 3. The lowest BCUT2D eigenvalue weighted by atomic mass is 10.2. The molecule has 1 N–H and O–H groups in total. The molecule has 1 atom stereocenters. The maximum atomic E-state index is 12.1. The summed E-state index contributed by atoms with van der Waals surface area (Å²) in [4.78, 5) is 13.1. The van der Waals surface area contributed by atoms with Crippen LogP contribution in [0, 0.1) is 0 Å². The zero-order valence-corrected chi connectivity index (χ0v) is 14.1. The van der Waals surface area contributed by atoms with Crippen molar-refractivity contribution in [2.24, 2.45) is 0 Å². The Morgan fingerprint density at radius 1 is 1.29 bits per heavy atom. The molecule has 0 bridgehead atoms. The van der Waals surface area contributed by atoms with E-state index in [-0.39, 0.29) is 12.0 Å². The van der Waals surface area contributed by atoms with Crippen LogP contribution in [-0.4, -0.2) is 19.6 Å². The second-order valence-corrected chi connectivity index (χ2v) is 6.79. The van der Waals surface area contributed by atoms with Crippen molar-refractivity contribution in [3.05, 3.63) is 55.2 Å². The Hall–Kier alpha value is -0.780. The van der Waals surface area contributed by atoms with Crippen LogP contribution >= 0.6 is 46.1 Å². The first kappa shape index (κ1) is 16.6. The Morgan fingerprint density at radius 2 is 2.05 bits per heavy atom. The number of ether oxygens (including phenoxy) is 1. The van der Waals surface area contributed by atoms with Crippen LogP contribution < -0.4 is 5.32 Å². The maximum Gasteiger partial charge on any atom is 0.252 e. The highest BCUT2D eigenvalue weighted by Gasteiger charge is 2.16. The molecule has 1 aromatic heterocycles. The number of halogens is 3. The number of amides is 1. The molecular weight excluding hydrogens is 353 g/mol. The minimum atomic E-state index is -0.277. The van der Waals surface area contributed by atoms with E-state index >= 15 is 0 Å². The molecule has 3 nitrogen and oxygen atoms in total. The second kappa shape index (κ2) is 7.47. The molecular formula is C14H12Cl3NO2S. The van der Waals surface area contributed by atoms with E-state index in [4.69, 9.17) is 39.5 Å². The van der Waals surface area contributed by atoms with Crippen molar-refractivity contribution < 1.29 is 9.53 Å². The summed E-state index contributed by atoms with van der Waals surface area (Å²) in [7, 11) is 1.58. The lowest BCUT2D eigenvalue weighted by molar-refractivity contribution is 0.0838. The lowest BCUT2D eigenvalue weighted by Crippen LogP contribution is -2.29. The van der Waals surface area contributed by atoms with Gasteiger partial charge in [-0.1, -0.05) is 34.8 Å². The largest absolute Gasteiger partial charge is 0.374 e. The van der Waals surface area contributed by atoms with Crippen LogP contribution in [0.1, 0.15) is 21.3 Å². The van der Waals surface area contributed by atoms with E-state index < -0.39 is 0 Å². The Morgan fingerprint density at radius 3 is 2.62 bits per heavy atom. The van der Waals surface area contributed by atoms with Gasteiger partial charge in [0.05, 0.1) is 14.9 Å². The predicted molar refractivity (Wildman–Crippen MR) is 87.9 cm³/mol. The van der Waals surface area contributed by atoms with E-state index in [2.05, 4.69) is 5.32 Å². The first-order valence-corrected chi connectivity index (χ1v) is 7.97. The van der Waals surface area contributed by atoms with E-state index in [0.717, 1.165) is 4.88 Å². The summed E-state index contributed by atoms with van der Waals surface area (Å²) in [5.41, 5.74) is 0.375. The standard InChI is InChI=1S/C14H12Cl3NO2S/c1-20-11(12-4-5-13(17)21-12)7-18-14(19)9-3-2-8(15)6-10(9)16/h2-6,11H,7H2,1H3,(H,18,19). The number of rotatable bonds is 5. The molecule has 0 saturated carbocycles. The highest BCUT2D eigenvalue weighted by molar-refractivity contribution is 7.16. The Labute approximate surface area is 141 Å². The molecule has 1 heterocycles. The number of nitrogens with one attached hydrogen (secondary N) is 1. The third-order valence-corrected chi connectivity index (χ3v) is 4.69. The zero-order chi connectivity index (χ0) is 15.4. The van der Waals surface area contributed by atoms with Gasteiger partial charge in [0.25, 0.3) is 5.91 Å². The normalized spacial score (nSPS) is 12.2. The van der Waals surface area contributed by atoms with Gasteiger partial charge in [-0.3, -0.25) is 4.79 Å². The van der Waals surface area contributed by atoms with Gasteiger partial charge in [0.1, 0.15) is 6.10 Å². The van der Waals surface area contributed by atoms with E-state index in [1.165, 1.54) is 17.4 Å². The number of hydrogen-bond donors (Lipinski definition) is 1. The van der Waals surface area contributed by atoms with Crippen molar-refractivity contribution in [2.45, 2.75) is 6.10 Å². The quantitative estimate of drug-likeness (QED) is 0.825. The van der Waals surface area contributed by atoms with Gasteiger partial charge in [-0.25, -0.2) is 0 Å². The average Bonchev–Trinajstić information content (AvgIpc) is 2.86. The third-order valence-electron chi connectivity index (χ3n) is 2.82. The van der Waals surface area contributed by atoms with Gasteiger partial charge in [0.2, 0.25) is 0 Å². The number of methoxy groups -OCH3 is 1. The van der Waals surface area contributed by atoms with Gasteiger partial charge in [0, 0.05) is 23.6 Å². The molecule has 0 aliphatic carbocycles. The zero-order valence-electron chi connectivity index (χ0n) is 11.0. The van der Waals surface area contributed by atoms with Gasteiger partial charge >= 0.3 is 0 Å². The smallest absolute Gasteiger partial charge is 0.252 e. The number of carbonyl (C=O) groups is 1. The minimum Gasteiger partial charge on any atom is -0.374 e. The van der Waals surface area contributed by atoms with Gasteiger partial charge in [-0.05, 0) is 30.3 Å². The number of benzene rings is 1. The summed E-state index contributed by atoms with van der Waals surface area (Å²) in [6.07, 6.45) is -0.252. The fourth-order valence-electron chi connectivity index (χ4n) is 1.76. The molecule has 21 heavy (non-hydrogen) atoms. The molecule has 0 aliphatic heterocycles. The monoisotopic (exact) mass is 363 g/mol. The third kappa shape index (κ3) is 4.34. The molecule has 1 unspecified atom stereocenters. The Balaban J connectivity index is 2.02. The summed E-state index contributed by atoms with van der Waals surface area (Å²) in [6.45, 7) is 0.325. The molecule has 0 saturated heterocycles. The van der Waals surface area contributed by atoms with E-state index in [1.807, 2.05) is 6.07 Å². The average molecular weight is 365 g/mol. The van der Waals surface area contributed by atoms with Gasteiger partial charge < -0.3 is 10.1 Å². The molecule has 0 spiro atoms. The number of carbonyl (C=O) groups excluding carboxylic acids is 1. The van der Waals surface area contributed by atoms with Crippen molar-refractivity contribution in [3.63, 3.8) is 0 Å². The topological polar surface area (TPSA) is 38.3 Å². The molecule has 112 valence electrons.